The van der Waals surface area contributed by atoms with Crippen LogP contribution in [-0.2, 0) is 23.9 Å². The Kier molecular flexibility index (Phi) is 6.52. The second kappa shape index (κ2) is 8.40. The Hall–Kier alpha value is -1.59. The van der Waals surface area contributed by atoms with Crippen molar-refractivity contribution in [3.05, 3.63) is 0 Å². The molecule has 0 spiro atoms. The third kappa shape index (κ3) is 4.36. The van der Waals surface area contributed by atoms with E-state index in [1.54, 1.807) is 20.8 Å². The summed E-state index contributed by atoms with van der Waals surface area (Å²) in [6, 6.07) is 0. The average molecular weight is 437 g/mol. The van der Waals surface area contributed by atoms with Gasteiger partial charge in [-0.1, -0.05) is 13.3 Å². The van der Waals surface area contributed by atoms with Crippen LogP contribution in [0.25, 0.3) is 0 Å². The van der Waals surface area contributed by atoms with Crippen LogP contribution in [0.1, 0.15) is 86.0 Å². The van der Waals surface area contributed by atoms with Crippen molar-refractivity contribution in [1.82, 2.24) is 0 Å². The van der Waals surface area contributed by atoms with Gasteiger partial charge >= 0.3 is 17.9 Å². The molecule has 7 unspecified atom stereocenters. The first kappa shape index (κ1) is 24.1. The minimum Gasteiger partial charge on any atom is -0.481 e. The van der Waals surface area contributed by atoms with Crippen molar-refractivity contribution >= 4 is 17.9 Å². The maximum absolute atomic E-state index is 13.7. The van der Waals surface area contributed by atoms with E-state index in [1.807, 2.05) is 6.92 Å². The number of rotatable bonds is 9. The first-order chi connectivity index (χ1) is 14.4. The fourth-order valence-corrected chi connectivity index (χ4v) is 7.22. The van der Waals surface area contributed by atoms with Gasteiger partial charge in [-0.25, -0.2) is 0 Å². The zero-order valence-corrected chi connectivity index (χ0v) is 20.0. The molecule has 1 N–H and O–H groups in total. The summed E-state index contributed by atoms with van der Waals surface area (Å²) in [6.45, 7) is 8.98. The topological polar surface area (TPSA) is 89.9 Å². The van der Waals surface area contributed by atoms with Crippen LogP contribution in [0.4, 0.5) is 0 Å². The van der Waals surface area contributed by atoms with E-state index < -0.39 is 28.3 Å². The molecule has 0 aromatic rings. The SMILES string of the molecule is CCC(CC(C)(CC(C)(C)C(=O)O)C(=O)OC1(C)CC2CC1C1CCCC21)C(=O)OC. The average Bonchev–Trinajstić information content (AvgIpc) is 3.37. The van der Waals surface area contributed by atoms with E-state index in [9.17, 15) is 19.5 Å². The summed E-state index contributed by atoms with van der Waals surface area (Å²) in [5.41, 5.74) is -2.69. The van der Waals surface area contributed by atoms with E-state index in [2.05, 4.69) is 6.92 Å². The number of ether oxygens (including phenoxy) is 2. The predicted octanol–water partition coefficient (Wildman–Crippen LogP) is 4.84. The fraction of sp³-hybridized carbons (Fsp3) is 0.880. The van der Waals surface area contributed by atoms with Crippen LogP contribution in [0, 0.1) is 40.4 Å². The predicted molar refractivity (Wildman–Crippen MR) is 116 cm³/mol. The number of carboxylic acids is 1. The third-order valence-corrected chi connectivity index (χ3v) is 8.71. The Balaban J connectivity index is 1.83. The first-order valence-corrected chi connectivity index (χ1v) is 11.9. The minimum absolute atomic E-state index is 0.109. The molecule has 3 fully saturated rings. The molecule has 7 atom stereocenters. The molecule has 0 aliphatic heterocycles. The number of carbonyl (C=O) groups excluding carboxylic acids is 2. The molecular formula is C25H40O6. The maximum Gasteiger partial charge on any atom is 0.312 e. The first-order valence-electron chi connectivity index (χ1n) is 11.9. The van der Waals surface area contributed by atoms with Gasteiger partial charge in [0.05, 0.1) is 23.9 Å². The molecule has 0 radical (unpaired) electrons. The van der Waals surface area contributed by atoms with Crippen molar-refractivity contribution in [1.29, 1.82) is 0 Å². The Labute approximate surface area is 186 Å². The molecule has 2 bridgehead atoms. The Morgan fingerprint density at radius 1 is 1.16 bits per heavy atom. The molecule has 3 aliphatic carbocycles. The lowest BCUT2D eigenvalue weighted by atomic mass is 9.68. The van der Waals surface area contributed by atoms with E-state index in [-0.39, 0.29) is 24.8 Å². The van der Waals surface area contributed by atoms with Gasteiger partial charge in [0.25, 0.3) is 0 Å². The Bertz CT molecular complexity index is 730. The smallest absolute Gasteiger partial charge is 0.312 e. The van der Waals surface area contributed by atoms with Crippen LogP contribution >= 0.6 is 0 Å². The molecular weight excluding hydrogens is 396 g/mol. The van der Waals surface area contributed by atoms with Crippen molar-refractivity contribution in [2.24, 2.45) is 40.4 Å². The molecule has 6 nitrogen and oxygen atoms in total. The molecule has 6 heteroatoms. The normalized spacial score (nSPS) is 34.6. The van der Waals surface area contributed by atoms with Crippen LogP contribution in [0.5, 0.6) is 0 Å². The lowest BCUT2D eigenvalue weighted by Crippen LogP contribution is -2.48. The Morgan fingerprint density at radius 3 is 2.39 bits per heavy atom. The molecule has 0 heterocycles. The number of carboxylic acid groups (broad SMARTS) is 1. The number of aliphatic carboxylic acids is 1. The molecule has 3 rings (SSSR count). The molecule has 3 aliphatic rings. The third-order valence-electron chi connectivity index (χ3n) is 8.71. The molecule has 0 amide bonds. The summed E-state index contributed by atoms with van der Waals surface area (Å²) in [4.78, 5) is 37.8. The fourth-order valence-electron chi connectivity index (χ4n) is 7.22. The second-order valence-corrected chi connectivity index (χ2v) is 11.5. The highest BCUT2D eigenvalue weighted by molar-refractivity contribution is 5.81. The summed E-state index contributed by atoms with van der Waals surface area (Å²) in [7, 11) is 1.34. The lowest BCUT2D eigenvalue weighted by molar-refractivity contribution is -0.183. The monoisotopic (exact) mass is 436 g/mol. The summed E-state index contributed by atoms with van der Waals surface area (Å²) in [5, 5.41) is 9.71. The van der Waals surface area contributed by atoms with Gasteiger partial charge in [-0.05, 0) is 90.4 Å². The van der Waals surface area contributed by atoms with Crippen molar-refractivity contribution in [2.75, 3.05) is 7.11 Å². The number of esters is 2. The molecule has 0 saturated heterocycles. The van der Waals surface area contributed by atoms with E-state index in [0.717, 1.165) is 18.8 Å². The molecule has 176 valence electrons. The second-order valence-electron chi connectivity index (χ2n) is 11.5. The highest BCUT2D eigenvalue weighted by Crippen LogP contribution is 2.63. The summed E-state index contributed by atoms with van der Waals surface area (Å²) < 4.78 is 11.2. The van der Waals surface area contributed by atoms with Gasteiger partial charge in [0, 0.05) is 5.92 Å². The van der Waals surface area contributed by atoms with Gasteiger partial charge in [-0.15, -0.1) is 0 Å². The van der Waals surface area contributed by atoms with Gasteiger partial charge in [-0.2, -0.15) is 0 Å². The summed E-state index contributed by atoms with van der Waals surface area (Å²) >= 11 is 0. The van der Waals surface area contributed by atoms with Crippen molar-refractivity contribution in [3.63, 3.8) is 0 Å². The highest BCUT2D eigenvalue weighted by Gasteiger charge is 2.61. The van der Waals surface area contributed by atoms with E-state index in [1.165, 1.54) is 26.4 Å². The summed E-state index contributed by atoms with van der Waals surface area (Å²) in [6.07, 6.45) is 6.69. The molecule has 0 aromatic carbocycles. The van der Waals surface area contributed by atoms with Crippen LogP contribution in [0.2, 0.25) is 0 Å². The quantitative estimate of drug-likeness (QED) is 0.520. The van der Waals surface area contributed by atoms with Crippen LogP contribution in [0.3, 0.4) is 0 Å². The van der Waals surface area contributed by atoms with Crippen molar-refractivity contribution in [3.8, 4) is 0 Å². The van der Waals surface area contributed by atoms with E-state index in [0.29, 0.717) is 24.2 Å². The number of methoxy groups -OCH3 is 1. The maximum atomic E-state index is 13.7. The Morgan fingerprint density at radius 2 is 1.81 bits per heavy atom. The molecule has 0 aromatic heterocycles. The highest BCUT2D eigenvalue weighted by atomic mass is 16.6. The number of hydrogen-bond acceptors (Lipinski definition) is 5. The van der Waals surface area contributed by atoms with Crippen LogP contribution in [-0.4, -0.2) is 35.7 Å². The van der Waals surface area contributed by atoms with E-state index >= 15 is 0 Å². The minimum atomic E-state index is -1.12. The molecule has 3 saturated carbocycles. The van der Waals surface area contributed by atoms with Gasteiger partial charge in [0.15, 0.2) is 0 Å². The van der Waals surface area contributed by atoms with Gasteiger partial charge in [-0.3, -0.25) is 14.4 Å². The summed E-state index contributed by atoms with van der Waals surface area (Å²) in [5.74, 6) is 0.304. The van der Waals surface area contributed by atoms with Crippen LogP contribution < -0.4 is 0 Å². The number of fused-ring (bicyclic) bond motifs is 5. The molecule has 31 heavy (non-hydrogen) atoms. The van der Waals surface area contributed by atoms with Crippen molar-refractivity contribution in [2.45, 2.75) is 91.6 Å². The standard InChI is InChI=1S/C25H40O6/c1-7-15(20(26)30-6)12-24(4,14-23(2,3)21(27)28)22(29)31-25(5)13-16-11-19(25)18-10-8-9-17(16)18/h15-19H,7-14H2,1-6H3,(H,27,28). The van der Waals surface area contributed by atoms with E-state index in [4.69, 9.17) is 9.47 Å². The largest absolute Gasteiger partial charge is 0.481 e. The zero-order chi connectivity index (χ0) is 23.2. The van der Waals surface area contributed by atoms with Gasteiger partial charge in [0.2, 0.25) is 0 Å². The number of hydrogen-bond donors (Lipinski definition) is 1. The zero-order valence-electron chi connectivity index (χ0n) is 20.0. The number of carbonyl (C=O) groups is 3. The van der Waals surface area contributed by atoms with Crippen molar-refractivity contribution < 1.29 is 29.0 Å². The van der Waals surface area contributed by atoms with Gasteiger partial charge in [0.1, 0.15) is 5.60 Å². The lowest BCUT2D eigenvalue weighted by Gasteiger charge is -2.43. The van der Waals surface area contributed by atoms with Crippen LogP contribution in [0.15, 0.2) is 0 Å². The van der Waals surface area contributed by atoms with Gasteiger partial charge < -0.3 is 14.6 Å².